The fourth-order valence-corrected chi connectivity index (χ4v) is 10.9. The minimum Gasteiger partial charge on any atom is -0.405 e. The summed E-state index contributed by atoms with van der Waals surface area (Å²) in [4.78, 5) is 26.9. The molecule has 0 bridgehead atoms. The summed E-state index contributed by atoms with van der Waals surface area (Å²) >= 11 is 0. The van der Waals surface area contributed by atoms with Crippen LogP contribution in [0.1, 0.15) is 71.1 Å². The zero-order chi connectivity index (χ0) is 27.7. The van der Waals surface area contributed by atoms with E-state index in [0.29, 0.717) is 18.6 Å². The number of rotatable bonds is 6. The van der Waals surface area contributed by atoms with Crippen LogP contribution in [-0.2, 0) is 13.9 Å². The maximum Gasteiger partial charge on any atom is 0.330 e. The van der Waals surface area contributed by atoms with E-state index in [-0.39, 0.29) is 16.7 Å². The van der Waals surface area contributed by atoms with Crippen LogP contribution in [-0.4, -0.2) is 36.4 Å². The van der Waals surface area contributed by atoms with Gasteiger partial charge in [-0.15, -0.1) is 0 Å². The van der Waals surface area contributed by atoms with Gasteiger partial charge in [0.25, 0.3) is 13.9 Å². The third-order valence-electron chi connectivity index (χ3n) is 8.18. The number of aryl methyl sites for hydroxylation is 1. The molecule has 5 rings (SSSR count). The first-order valence-electron chi connectivity index (χ1n) is 14.1. The van der Waals surface area contributed by atoms with E-state index >= 15 is 0 Å². The Morgan fingerprint density at radius 1 is 0.949 bits per heavy atom. The van der Waals surface area contributed by atoms with Crippen LogP contribution in [0.4, 0.5) is 0 Å². The van der Waals surface area contributed by atoms with Crippen LogP contribution in [0.3, 0.4) is 0 Å². The van der Waals surface area contributed by atoms with Gasteiger partial charge in [-0.05, 0) is 48.0 Å². The van der Waals surface area contributed by atoms with Gasteiger partial charge in [-0.25, -0.2) is 4.79 Å². The number of H-pyrrole nitrogens is 1. The molecule has 0 unspecified atom stereocenters. The van der Waals surface area contributed by atoms with Crippen molar-refractivity contribution in [2.45, 2.75) is 89.4 Å². The molecule has 2 aliphatic heterocycles. The molecule has 0 amide bonds. The Bertz CT molecular complexity index is 1340. The van der Waals surface area contributed by atoms with Crippen molar-refractivity contribution < 1.29 is 13.9 Å². The smallest absolute Gasteiger partial charge is 0.330 e. The average molecular weight is 549 g/mol. The molecular formula is C31H40N2O5Si. The number of aromatic nitrogens is 2. The summed E-state index contributed by atoms with van der Waals surface area (Å²) < 4.78 is 21.9. The Kier molecular flexibility index (Phi) is 7.83. The summed E-state index contributed by atoms with van der Waals surface area (Å²) in [5.41, 5.74) is -0.328. The van der Waals surface area contributed by atoms with Crippen molar-refractivity contribution in [1.82, 2.24) is 9.55 Å². The Hall–Kier alpha value is -2.78. The third kappa shape index (κ3) is 5.48. The van der Waals surface area contributed by atoms with Crippen molar-refractivity contribution in [1.29, 1.82) is 0 Å². The summed E-state index contributed by atoms with van der Waals surface area (Å²) in [5.74, 6) is -0.760. The van der Waals surface area contributed by atoms with E-state index < -0.39 is 26.0 Å². The number of nitrogens with zero attached hydrogens (tertiary/aromatic N) is 1. The number of hydrogen-bond donors (Lipinski definition) is 1. The highest BCUT2D eigenvalue weighted by Gasteiger charge is 2.51. The molecule has 0 aliphatic carbocycles. The number of nitrogens with one attached hydrogen (secondary N) is 1. The highest BCUT2D eigenvalue weighted by atomic mass is 28.4. The number of aromatic amines is 1. The molecule has 208 valence electrons. The molecule has 3 aromatic rings. The van der Waals surface area contributed by atoms with Crippen molar-refractivity contribution >= 4 is 18.7 Å². The molecule has 1 aromatic heterocycles. The number of ether oxygens (including phenoxy) is 2. The molecule has 3 atom stereocenters. The van der Waals surface area contributed by atoms with E-state index in [0.717, 1.165) is 32.1 Å². The van der Waals surface area contributed by atoms with Gasteiger partial charge in [-0.1, -0.05) is 81.4 Å². The van der Waals surface area contributed by atoms with Crippen LogP contribution in [0.2, 0.25) is 5.04 Å². The monoisotopic (exact) mass is 548 g/mol. The van der Waals surface area contributed by atoms with Crippen LogP contribution in [0.15, 0.2) is 76.4 Å². The maximum atomic E-state index is 12.6. The van der Waals surface area contributed by atoms with Crippen molar-refractivity contribution in [2.75, 3.05) is 6.61 Å². The second kappa shape index (κ2) is 11.0. The highest BCUT2D eigenvalue weighted by molar-refractivity contribution is 6.99. The highest BCUT2D eigenvalue weighted by Crippen LogP contribution is 2.43. The van der Waals surface area contributed by atoms with Crippen molar-refractivity contribution in [3.63, 3.8) is 0 Å². The minimum absolute atomic E-state index is 0.113. The van der Waals surface area contributed by atoms with Crippen molar-refractivity contribution in [3.8, 4) is 0 Å². The average Bonchev–Trinajstić information content (AvgIpc) is 2.92. The molecule has 7 nitrogen and oxygen atoms in total. The third-order valence-corrected chi connectivity index (χ3v) is 13.2. The van der Waals surface area contributed by atoms with Gasteiger partial charge in [-0.3, -0.25) is 14.3 Å². The van der Waals surface area contributed by atoms with Gasteiger partial charge in [0.2, 0.25) is 0 Å². The molecule has 39 heavy (non-hydrogen) atoms. The van der Waals surface area contributed by atoms with E-state index in [9.17, 15) is 9.59 Å². The Morgan fingerprint density at radius 2 is 1.54 bits per heavy atom. The van der Waals surface area contributed by atoms with Gasteiger partial charge in [0.1, 0.15) is 6.23 Å². The lowest BCUT2D eigenvalue weighted by molar-refractivity contribution is -0.330. The molecule has 2 aliphatic rings. The summed E-state index contributed by atoms with van der Waals surface area (Å²) in [5, 5.41) is 2.38. The van der Waals surface area contributed by atoms with Crippen LogP contribution in [0.5, 0.6) is 0 Å². The van der Waals surface area contributed by atoms with Crippen LogP contribution in [0.25, 0.3) is 0 Å². The largest absolute Gasteiger partial charge is 0.405 e. The normalized spacial score (nSPS) is 24.1. The van der Waals surface area contributed by atoms with Gasteiger partial charge in [0.15, 0.2) is 5.79 Å². The van der Waals surface area contributed by atoms with E-state index in [2.05, 4.69) is 86.4 Å². The first kappa shape index (κ1) is 27.8. The first-order chi connectivity index (χ1) is 18.6. The Labute approximate surface area is 231 Å². The summed E-state index contributed by atoms with van der Waals surface area (Å²) in [7, 11) is -2.68. The van der Waals surface area contributed by atoms with E-state index in [1.54, 1.807) is 13.1 Å². The lowest BCUT2D eigenvalue weighted by Crippen LogP contribution is -2.67. The van der Waals surface area contributed by atoms with Gasteiger partial charge in [-0.2, -0.15) is 0 Å². The maximum absolute atomic E-state index is 12.6. The SMILES string of the molecule is Cc1cn([C@H]2CCC[C@]3(CCC[C@@H](CO[Si](c4ccccc4)(c4ccccc4)C(C)(C)C)O3)O2)c(=O)[nH]c1=O. The summed E-state index contributed by atoms with van der Waals surface area (Å²) in [6, 6.07) is 21.3. The van der Waals surface area contributed by atoms with Gasteiger partial charge < -0.3 is 13.9 Å². The van der Waals surface area contributed by atoms with Crippen molar-refractivity contribution in [3.05, 3.63) is 93.3 Å². The fraction of sp³-hybridized carbons (Fsp3) is 0.484. The molecule has 0 saturated carbocycles. The lowest BCUT2D eigenvalue weighted by Gasteiger charge is -2.47. The van der Waals surface area contributed by atoms with E-state index in [1.165, 1.54) is 14.9 Å². The molecule has 3 heterocycles. The number of benzene rings is 2. The zero-order valence-electron chi connectivity index (χ0n) is 23.4. The van der Waals surface area contributed by atoms with Crippen LogP contribution < -0.4 is 21.6 Å². The summed E-state index contributed by atoms with van der Waals surface area (Å²) in [6.07, 6.45) is 5.97. The molecule has 1 spiro atoms. The van der Waals surface area contributed by atoms with Gasteiger partial charge in [0, 0.05) is 24.6 Å². The quantitative estimate of drug-likeness (QED) is 0.462. The first-order valence-corrected chi connectivity index (χ1v) is 16.0. The molecular weight excluding hydrogens is 508 g/mol. The lowest BCUT2D eigenvalue weighted by atomic mass is 9.94. The number of hydrogen-bond acceptors (Lipinski definition) is 5. The van der Waals surface area contributed by atoms with E-state index in [1.807, 2.05) is 0 Å². The molecule has 2 fully saturated rings. The Morgan fingerprint density at radius 3 is 2.13 bits per heavy atom. The fourth-order valence-electron chi connectivity index (χ4n) is 6.30. The predicted molar refractivity (Wildman–Crippen MR) is 155 cm³/mol. The molecule has 8 heteroatoms. The molecule has 2 aromatic carbocycles. The summed E-state index contributed by atoms with van der Waals surface area (Å²) in [6.45, 7) is 9.01. The second-order valence-electron chi connectivity index (χ2n) is 12.0. The standard InChI is InChI=1S/C31H40N2O5Si/c1-23-21-33(29(35)32-28(23)34)27-18-12-20-31(38-27)19-11-13-24(37-31)22-36-39(30(2,3)4,25-14-7-5-8-15-25)26-16-9-6-10-17-26/h5-10,14-17,21,24,27H,11-13,18-20,22H2,1-4H3,(H,32,34,35)/t24-,27+,31-/m0/s1. The van der Waals surface area contributed by atoms with E-state index in [4.69, 9.17) is 13.9 Å². The van der Waals surface area contributed by atoms with Crippen LogP contribution >= 0.6 is 0 Å². The van der Waals surface area contributed by atoms with Crippen molar-refractivity contribution in [2.24, 2.45) is 0 Å². The second-order valence-corrected chi connectivity index (χ2v) is 16.3. The minimum atomic E-state index is -2.68. The molecule has 0 radical (unpaired) electrons. The molecule has 1 N–H and O–H groups in total. The predicted octanol–water partition coefficient (Wildman–Crippen LogP) is 4.39. The van der Waals surface area contributed by atoms with Gasteiger partial charge in [0.05, 0.1) is 12.7 Å². The van der Waals surface area contributed by atoms with Crippen LogP contribution in [0, 0.1) is 6.92 Å². The topological polar surface area (TPSA) is 82.6 Å². The van der Waals surface area contributed by atoms with Gasteiger partial charge >= 0.3 is 5.69 Å². The zero-order valence-corrected chi connectivity index (χ0v) is 24.4. The molecule has 2 saturated heterocycles. The Balaban J connectivity index is 1.40.